The molecule has 25 heavy (non-hydrogen) atoms. The molecule has 0 saturated carbocycles. The standard InChI is InChI=1S/C19H18FN3O2/c20-14-5-3-4-13(8-14)17-10-16(24)12-23(17)19(25)9-15-11-22-7-2-1-6-18(22)21-15/h1-8,11,16-17,24H,9-10,12H2/t16-,17-/m0/s1. The molecule has 1 fully saturated rings. The van der Waals surface area contributed by atoms with Gasteiger partial charge in [0.1, 0.15) is 11.5 Å². The molecule has 1 aliphatic heterocycles. The molecular formula is C19H18FN3O2. The Balaban J connectivity index is 1.57. The summed E-state index contributed by atoms with van der Waals surface area (Å²) in [7, 11) is 0. The number of imidazole rings is 1. The predicted octanol–water partition coefficient (Wildman–Crippen LogP) is 2.35. The van der Waals surface area contributed by atoms with E-state index in [4.69, 9.17) is 0 Å². The summed E-state index contributed by atoms with van der Waals surface area (Å²) in [5.41, 5.74) is 2.17. The highest BCUT2D eigenvalue weighted by atomic mass is 19.1. The van der Waals surface area contributed by atoms with E-state index in [1.807, 2.05) is 35.0 Å². The van der Waals surface area contributed by atoms with Crippen molar-refractivity contribution in [3.05, 3.63) is 71.9 Å². The molecule has 0 bridgehead atoms. The number of fused-ring (bicyclic) bond motifs is 1. The molecule has 0 unspecified atom stereocenters. The number of pyridine rings is 1. The van der Waals surface area contributed by atoms with Crippen LogP contribution in [0.1, 0.15) is 23.7 Å². The van der Waals surface area contributed by atoms with Crippen LogP contribution in [-0.4, -0.2) is 37.9 Å². The Kier molecular flexibility index (Phi) is 3.97. The maximum Gasteiger partial charge on any atom is 0.229 e. The number of nitrogens with zero attached hydrogens (tertiary/aromatic N) is 3. The van der Waals surface area contributed by atoms with Crippen molar-refractivity contribution in [2.45, 2.75) is 25.0 Å². The number of aliphatic hydroxyl groups excluding tert-OH is 1. The molecule has 1 N–H and O–H groups in total. The van der Waals surface area contributed by atoms with Gasteiger partial charge in [0.25, 0.3) is 0 Å². The average Bonchev–Trinajstić information content (AvgIpc) is 3.17. The molecule has 128 valence electrons. The van der Waals surface area contributed by atoms with Crippen LogP contribution in [0.5, 0.6) is 0 Å². The SMILES string of the molecule is O=C(Cc1cn2ccccc2n1)N1C[C@@H](O)C[C@H]1c1cccc(F)c1. The molecule has 1 aromatic carbocycles. The number of likely N-dealkylation sites (tertiary alicyclic amines) is 1. The Bertz CT molecular complexity index is 891. The number of hydrogen-bond acceptors (Lipinski definition) is 3. The molecule has 6 heteroatoms. The summed E-state index contributed by atoms with van der Waals surface area (Å²) in [5, 5.41) is 10.0. The van der Waals surface area contributed by atoms with Crippen molar-refractivity contribution in [3.8, 4) is 0 Å². The number of rotatable bonds is 3. The summed E-state index contributed by atoms with van der Waals surface area (Å²) in [5.74, 6) is -0.458. The number of halogens is 1. The summed E-state index contributed by atoms with van der Waals surface area (Å²) in [6.45, 7) is 0.257. The van der Waals surface area contributed by atoms with Crippen LogP contribution in [-0.2, 0) is 11.2 Å². The van der Waals surface area contributed by atoms with Crippen molar-refractivity contribution in [1.29, 1.82) is 0 Å². The van der Waals surface area contributed by atoms with E-state index in [1.54, 1.807) is 17.0 Å². The van der Waals surface area contributed by atoms with E-state index in [0.29, 0.717) is 17.7 Å². The van der Waals surface area contributed by atoms with E-state index >= 15 is 0 Å². The number of aromatic nitrogens is 2. The molecule has 3 aromatic rings. The minimum Gasteiger partial charge on any atom is -0.391 e. The number of carbonyl (C=O) groups is 1. The van der Waals surface area contributed by atoms with E-state index in [1.165, 1.54) is 12.1 Å². The van der Waals surface area contributed by atoms with Gasteiger partial charge < -0.3 is 14.4 Å². The third kappa shape index (κ3) is 3.13. The van der Waals surface area contributed by atoms with Gasteiger partial charge in [-0.1, -0.05) is 18.2 Å². The molecule has 5 nitrogen and oxygen atoms in total. The molecule has 1 aliphatic rings. The van der Waals surface area contributed by atoms with Crippen molar-refractivity contribution in [2.75, 3.05) is 6.54 Å². The fraction of sp³-hybridized carbons (Fsp3) is 0.263. The number of benzene rings is 1. The topological polar surface area (TPSA) is 57.8 Å². The van der Waals surface area contributed by atoms with Crippen LogP contribution in [0.4, 0.5) is 4.39 Å². The second kappa shape index (κ2) is 6.29. The van der Waals surface area contributed by atoms with E-state index in [-0.39, 0.29) is 30.7 Å². The normalized spacial score (nSPS) is 20.3. The first-order chi connectivity index (χ1) is 12.1. The zero-order chi connectivity index (χ0) is 17.4. The first kappa shape index (κ1) is 15.8. The van der Waals surface area contributed by atoms with Gasteiger partial charge >= 0.3 is 0 Å². The Morgan fingerprint density at radius 2 is 2.16 bits per heavy atom. The van der Waals surface area contributed by atoms with E-state index < -0.39 is 6.10 Å². The lowest BCUT2D eigenvalue weighted by Gasteiger charge is -2.24. The molecule has 0 aliphatic carbocycles. The summed E-state index contributed by atoms with van der Waals surface area (Å²) in [4.78, 5) is 18.9. The van der Waals surface area contributed by atoms with Gasteiger partial charge in [0.2, 0.25) is 5.91 Å². The largest absolute Gasteiger partial charge is 0.391 e. The quantitative estimate of drug-likeness (QED) is 0.797. The van der Waals surface area contributed by atoms with Gasteiger partial charge in [0, 0.05) is 18.9 Å². The van der Waals surface area contributed by atoms with Crippen molar-refractivity contribution in [1.82, 2.24) is 14.3 Å². The summed E-state index contributed by atoms with van der Waals surface area (Å²) >= 11 is 0. The maximum absolute atomic E-state index is 13.5. The molecule has 2 aromatic heterocycles. The van der Waals surface area contributed by atoms with Crippen LogP contribution in [0.3, 0.4) is 0 Å². The molecule has 1 amide bonds. The van der Waals surface area contributed by atoms with Crippen LogP contribution in [0, 0.1) is 5.82 Å². The summed E-state index contributed by atoms with van der Waals surface area (Å²) < 4.78 is 15.4. The fourth-order valence-electron chi connectivity index (χ4n) is 3.45. The van der Waals surface area contributed by atoms with Crippen LogP contribution in [0.25, 0.3) is 5.65 Å². The highest BCUT2D eigenvalue weighted by Gasteiger charge is 2.35. The van der Waals surface area contributed by atoms with E-state index in [0.717, 1.165) is 5.65 Å². The van der Waals surface area contributed by atoms with Crippen LogP contribution >= 0.6 is 0 Å². The number of carbonyl (C=O) groups excluding carboxylic acids is 1. The maximum atomic E-state index is 13.5. The second-order valence-corrected chi connectivity index (χ2v) is 6.38. The zero-order valence-corrected chi connectivity index (χ0v) is 13.5. The lowest BCUT2D eigenvalue weighted by atomic mass is 10.0. The smallest absolute Gasteiger partial charge is 0.229 e. The van der Waals surface area contributed by atoms with Crippen LogP contribution < -0.4 is 0 Å². The third-order valence-corrected chi connectivity index (χ3v) is 4.58. The van der Waals surface area contributed by atoms with Crippen molar-refractivity contribution >= 4 is 11.6 Å². The van der Waals surface area contributed by atoms with Gasteiger partial charge in [-0.05, 0) is 36.2 Å². The monoisotopic (exact) mass is 339 g/mol. The summed E-state index contributed by atoms with van der Waals surface area (Å²) in [6.07, 6.45) is 3.68. The molecule has 1 saturated heterocycles. The summed E-state index contributed by atoms with van der Waals surface area (Å²) in [6, 6.07) is 11.6. The number of hydrogen-bond donors (Lipinski definition) is 1. The number of amides is 1. The lowest BCUT2D eigenvalue weighted by molar-refractivity contribution is -0.131. The Labute approximate surface area is 144 Å². The molecule has 0 radical (unpaired) electrons. The Morgan fingerprint density at radius 1 is 1.28 bits per heavy atom. The Hall–Kier alpha value is -2.73. The van der Waals surface area contributed by atoms with Gasteiger partial charge in [0.15, 0.2) is 0 Å². The van der Waals surface area contributed by atoms with Gasteiger partial charge in [0.05, 0.1) is 24.3 Å². The van der Waals surface area contributed by atoms with Crippen molar-refractivity contribution < 1.29 is 14.3 Å². The number of β-amino-alcohol motifs (C(OH)–C–C–N with tert-alkyl or cyclic N) is 1. The first-order valence-electron chi connectivity index (χ1n) is 8.26. The van der Waals surface area contributed by atoms with Gasteiger partial charge in [-0.25, -0.2) is 9.37 Å². The molecule has 3 heterocycles. The number of aliphatic hydroxyl groups is 1. The van der Waals surface area contributed by atoms with E-state index in [9.17, 15) is 14.3 Å². The minimum absolute atomic E-state index is 0.116. The molecule has 0 spiro atoms. The third-order valence-electron chi connectivity index (χ3n) is 4.58. The highest BCUT2D eigenvalue weighted by molar-refractivity contribution is 5.79. The fourth-order valence-corrected chi connectivity index (χ4v) is 3.45. The second-order valence-electron chi connectivity index (χ2n) is 6.38. The molecule has 2 atom stereocenters. The lowest BCUT2D eigenvalue weighted by Crippen LogP contribution is -2.33. The predicted molar refractivity (Wildman–Crippen MR) is 90.4 cm³/mol. The van der Waals surface area contributed by atoms with Gasteiger partial charge in [-0.2, -0.15) is 0 Å². The van der Waals surface area contributed by atoms with E-state index in [2.05, 4.69) is 4.98 Å². The first-order valence-corrected chi connectivity index (χ1v) is 8.26. The average molecular weight is 339 g/mol. The Morgan fingerprint density at radius 3 is 2.96 bits per heavy atom. The van der Waals surface area contributed by atoms with Crippen LogP contribution in [0.15, 0.2) is 54.9 Å². The zero-order valence-electron chi connectivity index (χ0n) is 13.5. The van der Waals surface area contributed by atoms with Crippen molar-refractivity contribution in [3.63, 3.8) is 0 Å². The van der Waals surface area contributed by atoms with Gasteiger partial charge in [-0.15, -0.1) is 0 Å². The molecule has 4 rings (SSSR count). The van der Waals surface area contributed by atoms with Crippen molar-refractivity contribution in [2.24, 2.45) is 0 Å². The van der Waals surface area contributed by atoms with Crippen LogP contribution in [0.2, 0.25) is 0 Å². The molecular weight excluding hydrogens is 321 g/mol. The van der Waals surface area contributed by atoms with Gasteiger partial charge in [-0.3, -0.25) is 4.79 Å². The minimum atomic E-state index is -0.599. The highest BCUT2D eigenvalue weighted by Crippen LogP contribution is 2.33.